The summed E-state index contributed by atoms with van der Waals surface area (Å²) >= 11 is 1.43. The van der Waals surface area contributed by atoms with Crippen LogP contribution in [0.25, 0.3) is 0 Å². The minimum Gasteiger partial charge on any atom is -0.326 e. The van der Waals surface area contributed by atoms with Crippen LogP contribution in [-0.2, 0) is 19.4 Å². The number of hydrogen-bond acceptors (Lipinski definition) is 5. The van der Waals surface area contributed by atoms with Gasteiger partial charge in [-0.15, -0.1) is 11.8 Å². The third kappa shape index (κ3) is 4.74. The quantitative estimate of drug-likeness (QED) is 0.747. The molecule has 0 saturated carbocycles. The summed E-state index contributed by atoms with van der Waals surface area (Å²) in [5.41, 5.74) is 2.15. The van der Waals surface area contributed by atoms with E-state index in [1.165, 1.54) is 23.9 Å². The van der Waals surface area contributed by atoms with Gasteiger partial charge >= 0.3 is 0 Å². The van der Waals surface area contributed by atoms with Gasteiger partial charge in [-0.25, -0.2) is 8.42 Å². The van der Waals surface area contributed by atoms with Crippen molar-refractivity contribution in [1.29, 1.82) is 0 Å². The molecular formula is C20H22N2O4S2. The summed E-state index contributed by atoms with van der Waals surface area (Å²) in [6.45, 7) is 3.85. The van der Waals surface area contributed by atoms with Gasteiger partial charge in [0.15, 0.2) is 9.84 Å². The summed E-state index contributed by atoms with van der Waals surface area (Å²) in [5, 5.41) is 5.32. The number of anilines is 2. The zero-order chi connectivity index (χ0) is 20.3. The average molecular weight is 419 g/mol. The van der Waals surface area contributed by atoms with E-state index in [0.717, 1.165) is 10.5 Å². The second-order valence-corrected chi connectivity index (χ2v) is 10.0. The maximum absolute atomic E-state index is 12.6. The Morgan fingerprint density at radius 3 is 2.71 bits per heavy atom. The highest BCUT2D eigenvalue weighted by atomic mass is 32.2. The lowest BCUT2D eigenvalue weighted by Crippen LogP contribution is -2.28. The molecule has 3 rings (SSSR count). The summed E-state index contributed by atoms with van der Waals surface area (Å²) < 4.78 is 25.3. The fourth-order valence-electron chi connectivity index (χ4n) is 2.88. The fraction of sp³-hybridized carbons (Fsp3) is 0.300. The van der Waals surface area contributed by atoms with Crippen LogP contribution in [0, 0.1) is 6.92 Å². The smallest absolute Gasteiger partial charge is 0.237 e. The largest absolute Gasteiger partial charge is 0.326 e. The van der Waals surface area contributed by atoms with Crippen LogP contribution < -0.4 is 10.6 Å². The van der Waals surface area contributed by atoms with Crippen LogP contribution in [0.3, 0.4) is 0 Å². The van der Waals surface area contributed by atoms with Gasteiger partial charge in [-0.3, -0.25) is 9.59 Å². The van der Waals surface area contributed by atoms with Crippen LogP contribution in [0.5, 0.6) is 0 Å². The summed E-state index contributed by atoms with van der Waals surface area (Å²) in [5.74, 6) is -0.781. The number of amides is 2. The zero-order valence-corrected chi connectivity index (χ0v) is 17.3. The van der Waals surface area contributed by atoms with Gasteiger partial charge in [0.05, 0.1) is 21.6 Å². The topological polar surface area (TPSA) is 92.3 Å². The molecule has 148 valence electrons. The van der Waals surface area contributed by atoms with E-state index in [1.54, 1.807) is 12.1 Å². The molecule has 0 aliphatic carbocycles. The molecule has 1 unspecified atom stereocenters. The molecule has 1 atom stereocenters. The monoisotopic (exact) mass is 418 g/mol. The summed E-state index contributed by atoms with van der Waals surface area (Å²) in [4.78, 5) is 25.1. The maximum atomic E-state index is 12.6. The number of aryl methyl sites for hydroxylation is 1. The SMILES string of the molecule is CCC1Sc2ccc(S(=O)(=O)CCC(=O)Nc3cccc(C)c3)cc2NC1=O. The number of carbonyl (C=O) groups is 2. The van der Waals surface area contributed by atoms with Gasteiger partial charge < -0.3 is 10.6 Å². The molecule has 28 heavy (non-hydrogen) atoms. The Balaban J connectivity index is 1.67. The van der Waals surface area contributed by atoms with Crippen molar-refractivity contribution in [1.82, 2.24) is 0 Å². The molecule has 1 aliphatic heterocycles. The third-order valence-electron chi connectivity index (χ3n) is 4.40. The minimum absolute atomic E-state index is 0.102. The number of sulfone groups is 1. The zero-order valence-electron chi connectivity index (χ0n) is 15.7. The van der Waals surface area contributed by atoms with Crippen molar-refractivity contribution >= 4 is 44.8 Å². The Morgan fingerprint density at radius 2 is 2.00 bits per heavy atom. The molecule has 1 heterocycles. The Bertz CT molecular complexity index is 1020. The first-order valence-electron chi connectivity index (χ1n) is 8.99. The van der Waals surface area contributed by atoms with Crippen LogP contribution in [0.1, 0.15) is 25.3 Å². The van der Waals surface area contributed by atoms with Crippen LogP contribution in [0.2, 0.25) is 0 Å². The van der Waals surface area contributed by atoms with E-state index in [-0.39, 0.29) is 34.1 Å². The Hall–Kier alpha value is -2.32. The lowest BCUT2D eigenvalue weighted by molar-refractivity contribution is -0.116. The normalized spacial score (nSPS) is 16.2. The van der Waals surface area contributed by atoms with Crippen molar-refractivity contribution in [3.8, 4) is 0 Å². The number of thioether (sulfide) groups is 1. The molecule has 0 radical (unpaired) electrons. The highest BCUT2D eigenvalue weighted by molar-refractivity contribution is 8.01. The van der Waals surface area contributed by atoms with E-state index >= 15 is 0 Å². The second-order valence-electron chi connectivity index (χ2n) is 6.65. The van der Waals surface area contributed by atoms with Gasteiger partial charge in [0.1, 0.15) is 0 Å². The van der Waals surface area contributed by atoms with Crippen molar-refractivity contribution in [3.05, 3.63) is 48.0 Å². The van der Waals surface area contributed by atoms with Gasteiger partial charge in [0, 0.05) is 17.0 Å². The molecule has 1 aliphatic rings. The highest BCUT2D eigenvalue weighted by Gasteiger charge is 2.27. The highest BCUT2D eigenvalue weighted by Crippen LogP contribution is 2.38. The van der Waals surface area contributed by atoms with Gasteiger partial charge in [0.2, 0.25) is 11.8 Å². The van der Waals surface area contributed by atoms with Crippen molar-refractivity contribution in [3.63, 3.8) is 0 Å². The molecule has 0 fully saturated rings. The van der Waals surface area contributed by atoms with Crippen molar-refractivity contribution < 1.29 is 18.0 Å². The molecule has 2 aromatic carbocycles. The summed E-state index contributed by atoms with van der Waals surface area (Å²) in [6, 6.07) is 12.0. The molecule has 0 aromatic heterocycles. The number of nitrogens with one attached hydrogen (secondary N) is 2. The number of fused-ring (bicyclic) bond motifs is 1. The second kappa shape index (κ2) is 8.36. The van der Waals surface area contributed by atoms with Gasteiger partial charge in [0.25, 0.3) is 0 Å². The molecule has 2 aromatic rings. The Labute approximate surface area is 169 Å². The van der Waals surface area contributed by atoms with E-state index in [2.05, 4.69) is 10.6 Å². The van der Waals surface area contributed by atoms with Crippen molar-refractivity contribution in [2.45, 2.75) is 41.7 Å². The lowest BCUT2D eigenvalue weighted by atomic mass is 10.2. The first kappa shape index (κ1) is 20.4. The van der Waals surface area contributed by atoms with E-state index in [1.807, 2.05) is 32.0 Å². The van der Waals surface area contributed by atoms with Crippen molar-refractivity contribution in [2.75, 3.05) is 16.4 Å². The van der Waals surface area contributed by atoms with Crippen LogP contribution >= 0.6 is 11.8 Å². The lowest BCUT2D eigenvalue weighted by Gasteiger charge is -2.23. The summed E-state index contributed by atoms with van der Waals surface area (Å²) in [7, 11) is -3.65. The van der Waals surface area contributed by atoms with E-state index < -0.39 is 9.84 Å². The summed E-state index contributed by atoms with van der Waals surface area (Å²) in [6.07, 6.45) is 0.554. The van der Waals surface area contributed by atoms with Crippen LogP contribution in [-0.4, -0.2) is 31.2 Å². The van der Waals surface area contributed by atoms with Gasteiger partial charge in [-0.05, 0) is 49.2 Å². The molecule has 8 heteroatoms. The fourth-order valence-corrected chi connectivity index (χ4v) is 5.17. The van der Waals surface area contributed by atoms with E-state index in [4.69, 9.17) is 0 Å². The van der Waals surface area contributed by atoms with Gasteiger partial charge in [-0.2, -0.15) is 0 Å². The Morgan fingerprint density at radius 1 is 1.21 bits per heavy atom. The van der Waals surface area contributed by atoms with Crippen molar-refractivity contribution in [2.24, 2.45) is 0 Å². The van der Waals surface area contributed by atoms with E-state index in [0.29, 0.717) is 17.8 Å². The predicted molar refractivity (Wildman–Crippen MR) is 111 cm³/mol. The molecule has 0 spiro atoms. The molecule has 2 amide bonds. The van der Waals surface area contributed by atoms with Gasteiger partial charge in [-0.1, -0.05) is 19.1 Å². The number of benzene rings is 2. The van der Waals surface area contributed by atoms with Crippen LogP contribution in [0.4, 0.5) is 11.4 Å². The molecular weight excluding hydrogens is 396 g/mol. The molecule has 6 nitrogen and oxygen atoms in total. The minimum atomic E-state index is -3.65. The van der Waals surface area contributed by atoms with Crippen LogP contribution in [0.15, 0.2) is 52.3 Å². The first-order chi connectivity index (χ1) is 13.3. The maximum Gasteiger partial charge on any atom is 0.237 e. The van der Waals surface area contributed by atoms with E-state index in [9.17, 15) is 18.0 Å². The number of rotatable bonds is 6. The molecule has 0 saturated heterocycles. The molecule has 2 N–H and O–H groups in total. The molecule has 0 bridgehead atoms. The first-order valence-corrected chi connectivity index (χ1v) is 11.5. The average Bonchev–Trinajstić information content (AvgIpc) is 2.65. The number of hydrogen-bond donors (Lipinski definition) is 2. The number of carbonyl (C=O) groups excluding carboxylic acids is 2. The standard InChI is InChI=1S/C20H22N2O4S2/c1-3-17-20(24)22-16-12-15(7-8-18(16)27-17)28(25,26)10-9-19(23)21-14-6-4-5-13(2)11-14/h4-8,11-12,17H,3,9-10H2,1-2H3,(H,21,23)(H,22,24). The predicted octanol–water partition coefficient (Wildman–Crippen LogP) is 3.62. The third-order valence-corrected chi connectivity index (χ3v) is 7.56. The Kier molecular flexibility index (Phi) is 6.10.